The Bertz CT molecular complexity index is 978. The van der Waals surface area contributed by atoms with Gasteiger partial charge in [-0.2, -0.15) is 0 Å². The van der Waals surface area contributed by atoms with E-state index in [4.69, 9.17) is 10.5 Å². The molecule has 36 heavy (non-hydrogen) atoms. The third-order valence-electron chi connectivity index (χ3n) is 7.14. The number of likely N-dealkylation sites (tertiary alicyclic amines) is 1. The van der Waals surface area contributed by atoms with E-state index < -0.39 is 6.04 Å². The number of hydrogen-bond acceptors (Lipinski definition) is 6. The van der Waals surface area contributed by atoms with Crippen molar-refractivity contribution in [1.82, 2.24) is 20.0 Å². The zero-order valence-corrected chi connectivity index (χ0v) is 21.3. The van der Waals surface area contributed by atoms with Gasteiger partial charge in [-0.1, -0.05) is 48.0 Å². The van der Waals surface area contributed by atoms with E-state index in [0.717, 1.165) is 51.5 Å². The van der Waals surface area contributed by atoms with E-state index in [9.17, 15) is 9.59 Å². The van der Waals surface area contributed by atoms with Crippen LogP contribution in [0.2, 0.25) is 0 Å². The Labute approximate surface area is 214 Å². The maximum absolute atomic E-state index is 13.6. The van der Waals surface area contributed by atoms with E-state index in [1.807, 2.05) is 37.3 Å². The fraction of sp³-hybridized carbons (Fsp3) is 0.500. The number of benzene rings is 2. The second-order valence-corrected chi connectivity index (χ2v) is 9.72. The molecule has 194 valence electrons. The zero-order chi connectivity index (χ0) is 25.3. The lowest BCUT2D eigenvalue weighted by Crippen LogP contribution is -2.47. The van der Waals surface area contributed by atoms with Gasteiger partial charge in [0, 0.05) is 64.0 Å². The van der Waals surface area contributed by atoms with E-state index in [1.54, 1.807) is 4.90 Å². The fourth-order valence-electron chi connectivity index (χ4n) is 5.03. The number of aryl methyl sites for hydroxylation is 1. The lowest BCUT2D eigenvalue weighted by atomic mass is 10.1. The number of amides is 2. The van der Waals surface area contributed by atoms with Crippen molar-refractivity contribution in [2.45, 2.75) is 32.0 Å². The summed E-state index contributed by atoms with van der Waals surface area (Å²) in [5.41, 5.74) is 8.57. The van der Waals surface area contributed by atoms with Crippen LogP contribution in [0.1, 0.15) is 27.9 Å². The van der Waals surface area contributed by atoms with Gasteiger partial charge in [0.25, 0.3) is 5.91 Å². The second kappa shape index (κ2) is 13.0. The molecule has 8 heteroatoms. The van der Waals surface area contributed by atoms with Gasteiger partial charge in [-0.15, -0.1) is 0 Å². The number of morpholine rings is 1. The van der Waals surface area contributed by atoms with Crippen molar-refractivity contribution in [2.24, 2.45) is 5.73 Å². The molecule has 4 rings (SSSR count). The molecule has 0 saturated carbocycles. The molecule has 0 aliphatic carbocycles. The van der Waals surface area contributed by atoms with Crippen molar-refractivity contribution < 1.29 is 14.3 Å². The van der Waals surface area contributed by atoms with Gasteiger partial charge in [0.05, 0.1) is 13.2 Å². The maximum atomic E-state index is 13.6. The Hall–Kier alpha value is -2.78. The molecule has 0 radical (unpaired) electrons. The van der Waals surface area contributed by atoms with Crippen molar-refractivity contribution in [3.63, 3.8) is 0 Å². The first-order chi connectivity index (χ1) is 17.5. The predicted molar refractivity (Wildman–Crippen MR) is 141 cm³/mol. The molecule has 2 aliphatic heterocycles. The fourth-order valence-corrected chi connectivity index (χ4v) is 5.03. The molecule has 8 nitrogen and oxygen atoms in total. The van der Waals surface area contributed by atoms with E-state index in [2.05, 4.69) is 39.4 Å². The van der Waals surface area contributed by atoms with E-state index in [-0.39, 0.29) is 17.9 Å². The Kier molecular flexibility index (Phi) is 9.47. The first-order valence-electron chi connectivity index (χ1n) is 13.0. The van der Waals surface area contributed by atoms with E-state index >= 15 is 0 Å². The van der Waals surface area contributed by atoms with Crippen LogP contribution in [-0.2, 0) is 16.1 Å². The van der Waals surface area contributed by atoms with Crippen LogP contribution < -0.4 is 11.1 Å². The molecule has 2 atom stereocenters. The number of ether oxygens (including phenoxy) is 1. The van der Waals surface area contributed by atoms with Gasteiger partial charge in [-0.25, -0.2) is 0 Å². The van der Waals surface area contributed by atoms with Crippen molar-refractivity contribution in [3.05, 3.63) is 71.3 Å². The van der Waals surface area contributed by atoms with E-state index in [1.165, 1.54) is 5.56 Å². The second-order valence-electron chi connectivity index (χ2n) is 9.72. The third kappa shape index (κ3) is 6.91. The van der Waals surface area contributed by atoms with Crippen LogP contribution in [0.3, 0.4) is 0 Å². The highest BCUT2D eigenvalue weighted by Crippen LogP contribution is 2.26. The molecule has 2 amide bonds. The SMILES string of the molecule is Cc1ccc(C(=O)N2CC(N(CCN3CCOCC3)Cc3ccccc3)CC2C(=O)NCCN)cc1. The summed E-state index contributed by atoms with van der Waals surface area (Å²) in [5, 5.41) is 2.91. The quantitative estimate of drug-likeness (QED) is 0.521. The highest BCUT2D eigenvalue weighted by molar-refractivity contribution is 5.98. The summed E-state index contributed by atoms with van der Waals surface area (Å²) in [5.74, 6) is -0.227. The number of rotatable bonds is 10. The van der Waals surface area contributed by atoms with E-state index in [0.29, 0.717) is 31.6 Å². The monoisotopic (exact) mass is 493 g/mol. The summed E-state index contributed by atoms with van der Waals surface area (Å²) in [6, 6.07) is 17.5. The van der Waals surface area contributed by atoms with Crippen LogP contribution in [0.25, 0.3) is 0 Å². The summed E-state index contributed by atoms with van der Waals surface area (Å²) in [6.45, 7) is 9.27. The molecular formula is C28H39N5O3. The van der Waals surface area contributed by atoms with Gasteiger partial charge in [0.1, 0.15) is 6.04 Å². The first kappa shape index (κ1) is 26.3. The highest BCUT2D eigenvalue weighted by atomic mass is 16.5. The molecule has 2 aromatic rings. The molecule has 2 aliphatic rings. The van der Waals surface area contributed by atoms with Crippen molar-refractivity contribution in [3.8, 4) is 0 Å². The molecule has 2 unspecified atom stereocenters. The topological polar surface area (TPSA) is 91.1 Å². The van der Waals surface area contributed by atoms with Crippen molar-refractivity contribution >= 4 is 11.8 Å². The molecular weight excluding hydrogens is 454 g/mol. The minimum atomic E-state index is -0.517. The summed E-state index contributed by atoms with van der Waals surface area (Å²) < 4.78 is 5.51. The molecule has 2 heterocycles. The van der Waals surface area contributed by atoms with Crippen LogP contribution in [0.15, 0.2) is 54.6 Å². The molecule has 3 N–H and O–H groups in total. The van der Waals surface area contributed by atoms with Gasteiger partial charge >= 0.3 is 0 Å². The number of nitrogens with two attached hydrogens (primary N) is 1. The van der Waals surface area contributed by atoms with Crippen molar-refractivity contribution in [2.75, 3.05) is 59.0 Å². The van der Waals surface area contributed by atoms with Gasteiger partial charge < -0.3 is 20.7 Å². The molecule has 0 bridgehead atoms. The highest BCUT2D eigenvalue weighted by Gasteiger charge is 2.42. The van der Waals surface area contributed by atoms with Crippen molar-refractivity contribution in [1.29, 1.82) is 0 Å². The average molecular weight is 494 g/mol. The van der Waals surface area contributed by atoms with Gasteiger partial charge in [0.2, 0.25) is 5.91 Å². The van der Waals surface area contributed by atoms with Gasteiger partial charge in [-0.05, 0) is 31.0 Å². The Morgan fingerprint density at radius 2 is 1.81 bits per heavy atom. The number of nitrogens with one attached hydrogen (secondary N) is 1. The zero-order valence-electron chi connectivity index (χ0n) is 21.3. The number of nitrogens with zero attached hydrogens (tertiary/aromatic N) is 3. The Balaban J connectivity index is 1.54. The Morgan fingerprint density at radius 1 is 1.08 bits per heavy atom. The molecule has 0 aromatic heterocycles. The largest absolute Gasteiger partial charge is 0.379 e. The first-order valence-corrected chi connectivity index (χ1v) is 13.0. The molecule has 0 spiro atoms. The number of carbonyl (C=O) groups excluding carboxylic acids is 2. The normalized spacial score (nSPS) is 20.6. The van der Waals surface area contributed by atoms with Gasteiger partial charge in [-0.3, -0.25) is 19.4 Å². The standard InChI is InChI=1S/C28H39N5O3/c1-22-7-9-24(10-8-22)28(35)33-21-25(19-26(33)27(34)30-12-11-29)32(20-23-5-3-2-4-6-23)14-13-31-15-17-36-18-16-31/h2-10,25-26H,11-21,29H2,1H3,(H,30,34). The summed E-state index contributed by atoms with van der Waals surface area (Å²) in [4.78, 5) is 33.3. The van der Waals surface area contributed by atoms with Crippen LogP contribution in [0.5, 0.6) is 0 Å². The number of carbonyl (C=O) groups is 2. The minimum Gasteiger partial charge on any atom is -0.379 e. The number of hydrogen-bond donors (Lipinski definition) is 2. The van der Waals surface area contributed by atoms with Gasteiger partial charge in [0.15, 0.2) is 0 Å². The minimum absolute atomic E-state index is 0.0780. The summed E-state index contributed by atoms with van der Waals surface area (Å²) in [7, 11) is 0. The van der Waals surface area contributed by atoms with Crippen LogP contribution >= 0.6 is 0 Å². The Morgan fingerprint density at radius 3 is 2.50 bits per heavy atom. The van der Waals surface area contributed by atoms with Crippen LogP contribution in [-0.4, -0.2) is 97.6 Å². The predicted octanol–water partition coefficient (Wildman–Crippen LogP) is 1.49. The summed E-state index contributed by atoms with van der Waals surface area (Å²) in [6.07, 6.45) is 0.601. The smallest absolute Gasteiger partial charge is 0.254 e. The molecule has 2 aromatic carbocycles. The average Bonchev–Trinajstić information content (AvgIpc) is 3.36. The lowest BCUT2D eigenvalue weighted by molar-refractivity contribution is -0.124. The maximum Gasteiger partial charge on any atom is 0.254 e. The van der Waals surface area contributed by atoms with Crippen LogP contribution in [0.4, 0.5) is 0 Å². The van der Waals surface area contributed by atoms with Crippen LogP contribution in [0, 0.1) is 6.92 Å². The molecule has 2 fully saturated rings. The lowest BCUT2D eigenvalue weighted by Gasteiger charge is -2.33. The summed E-state index contributed by atoms with van der Waals surface area (Å²) >= 11 is 0. The molecule has 2 saturated heterocycles. The third-order valence-corrected chi connectivity index (χ3v) is 7.14.